The highest BCUT2D eigenvalue weighted by molar-refractivity contribution is 7.90. The molecule has 4 aromatic rings. The number of benzene rings is 2. The van der Waals surface area contributed by atoms with Gasteiger partial charge in [0.25, 0.3) is 0 Å². The van der Waals surface area contributed by atoms with Crippen molar-refractivity contribution >= 4 is 50.1 Å². The first-order chi connectivity index (χ1) is 18.1. The van der Waals surface area contributed by atoms with Crippen molar-refractivity contribution in [2.24, 2.45) is 0 Å². The summed E-state index contributed by atoms with van der Waals surface area (Å²) in [5, 5.41) is 9.10. The van der Waals surface area contributed by atoms with Crippen LogP contribution in [0.5, 0.6) is 0 Å². The van der Waals surface area contributed by atoms with E-state index < -0.39 is 39.3 Å². The largest absolute Gasteiger partial charge is 0.477 e. The molecule has 204 valence electrons. The normalized spacial score (nSPS) is 12.9. The summed E-state index contributed by atoms with van der Waals surface area (Å²) in [4.78, 5) is 24.4. The number of nitrogens with zero attached hydrogens (tertiary/aromatic N) is 1. The Morgan fingerprint density at radius 2 is 1.64 bits per heavy atom. The Morgan fingerprint density at radius 1 is 0.949 bits per heavy atom. The predicted molar refractivity (Wildman–Crippen MR) is 145 cm³/mol. The van der Waals surface area contributed by atoms with E-state index in [2.05, 4.69) is 0 Å². The lowest BCUT2D eigenvalue weighted by atomic mass is 9.86. The number of thiophene rings is 1. The maximum atomic E-state index is 13.5. The zero-order valence-corrected chi connectivity index (χ0v) is 22.7. The molecule has 0 radical (unpaired) electrons. The van der Waals surface area contributed by atoms with E-state index in [0.29, 0.717) is 11.3 Å². The van der Waals surface area contributed by atoms with E-state index in [4.69, 9.17) is 0 Å². The number of rotatable bonds is 7. The first-order valence-electron chi connectivity index (χ1n) is 11.7. The standard InChI is InChI=1S/C28H24F3NO5S2/c1-27(2,3)19-8-4-6-17(14-19)7-5-13-39(36,37)32-21-10-9-20(28(29,30)31)15-18(21)16-22(32)25(33)23-11-12-24(38-23)26(34)35/h4-12,14-16H,13H2,1-3H3,(H,34,35). The minimum atomic E-state index is -4.67. The van der Waals surface area contributed by atoms with Gasteiger partial charge < -0.3 is 5.11 Å². The maximum absolute atomic E-state index is 13.5. The summed E-state index contributed by atoms with van der Waals surface area (Å²) in [6.07, 6.45) is -1.64. The van der Waals surface area contributed by atoms with Gasteiger partial charge in [0, 0.05) is 5.39 Å². The number of hydrogen-bond donors (Lipinski definition) is 1. The highest BCUT2D eigenvalue weighted by atomic mass is 32.2. The van der Waals surface area contributed by atoms with E-state index in [9.17, 15) is 36.3 Å². The van der Waals surface area contributed by atoms with Crippen molar-refractivity contribution in [2.45, 2.75) is 32.4 Å². The molecule has 0 bridgehead atoms. The SMILES string of the molecule is CC(C)(C)c1cccc(C=CCS(=O)(=O)n2c(C(=O)c3ccc(C(=O)O)s3)cc3cc(C(F)(F)F)ccc32)c1. The third-order valence-electron chi connectivity index (χ3n) is 6.01. The fraction of sp³-hybridized carbons (Fsp3) is 0.214. The molecule has 4 rings (SSSR count). The van der Waals surface area contributed by atoms with Gasteiger partial charge in [-0.05, 0) is 52.9 Å². The van der Waals surface area contributed by atoms with Crippen molar-refractivity contribution in [1.29, 1.82) is 0 Å². The molecule has 2 aromatic heterocycles. The molecule has 0 saturated carbocycles. The van der Waals surface area contributed by atoms with Gasteiger partial charge in [-0.3, -0.25) is 4.79 Å². The van der Waals surface area contributed by atoms with Gasteiger partial charge >= 0.3 is 12.1 Å². The summed E-state index contributed by atoms with van der Waals surface area (Å²) in [6.45, 7) is 6.15. The van der Waals surface area contributed by atoms with Crippen LogP contribution in [0.2, 0.25) is 0 Å². The Balaban J connectivity index is 1.78. The van der Waals surface area contributed by atoms with Gasteiger partial charge in [-0.2, -0.15) is 13.2 Å². The molecule has 0 fully saturated rings. The number of alkyl halides is 3. The Kier molecular flexibility index (Phi) is 7.35. The van der Waals surface area contributed by atoms with E-state index in [1.54, 1.807) is 6.08 Å². The van der Waals surface area contributed by atoms with Gasteiger partial charge in [-0.25, -0.2) is 17.2 Å². The van der Waals surface area contributed by atoms with Crippen LogP contribution in [-0.4, -0.2) is 35.0 Å². The zero-order valence-electron chi connectivity index (χ0n) is 21.1. The summed E-state index contributed by atoms with van der Waals surface area (Å²) in [6, 6.07) is 13.6. The molecule has 11 heteroatoms. The second-order valence-electron chi connectivity index (χ2n) is 9.92. The minimum absolute atomic E-state index is 0.0581. The van der Waals surface area contributed by atoms with Gasteiger partial charge in [0.1, 0.15) is 10.6 Å². The van der Waals surface area contributed by atoms with Crippen molar-refractivity contribution in [1.82, 2.24) is 3.97 Å². The van der Waals surface area contributed by atoms with Crippen LogP contribution >= 0.6 is 11.3 Å². The van der Waals surface area contributed by atoms with Crippen LogP contribution in [0.4, 0.5) is 13.2 Å². The lowest BCUT2D eigenvalue weighted by Crippen LogP contribution is -2.20. The number of fused-ring (bicyclic) bond motifs is 1. The average molecular weight is 576 g/mol. The number of ketones is 1. The van der Waals surface area contributed by atoms with E-state index in [0.717, 1.165) is 39.4 Å². The molecule has 0 spiro atoms. The molecule has 6 nitrogen and oxygen atoms in total. The molecular formula is C28H24F3NO5S2. The first-order valence-corrected chi connectivity index (χ1v) is 14.1. The van der Waals surface area contributed by atoms with Crippen LogP contribution in [0.25, 0.3) is 17.0 Å². The number of hydrogen-bond acceptors (Lipinski definition) is 5. The summed E-state index contributed by atoms with van der Waals surface area (Å²) < 4.78 is 67.8. The Bertz CT molecular complexity index is 1720. The minimum Gasteiger partial charge on any atom is -0.477 e. The van der Waals surface area contributed by atoms with Crippen molar-refractivity contribution < 1.29 is 36.3 Å². The van der Waals surface area contributed by atoms with Crippen LogP contribution in [0.3, 0.4) is 0 Å². The second-order valence-corrected chi connectivity index (χ2v) is 12.9. The average Bonchev–Trinajstić information content (AvgIpc) is 3.48. The summed E-state index contributed by atoms with van der Waals surface area (Å²) in [7, 11) is -4.28. The number of carbonyl (C=O) groups excluding carboxylic acids is 1. The Morgan fingerprint density at radius 3 is 2.26 bits per heavy atom. The van der Waals surface area contributed by atoms with Crippen molar-refractivity contribution in [3.8, 4) is 0 Å². The van der Waals surface area contributed by atoms with Crippen LogP contribution in [0, 0.1) is 0 Å². The molecule has 0 amide bonds. The third-order valence-corrected chi connectivity index (χ3v) is 8.64. The fourth-order valence-corrected chi connectivity index (χ4v) is 6.20. The molecule has 2 aromatic carbocycles. The van der Waals surface area contributed by atoms with Crippen molar-refractivity contribution in [2.75, 3.05) is 5.75 Å². The number of aromatic nitrogens is 1. The molecule has 2 heterocycles. The molecule has 0 aliphatic heterocycles. The van der Waals surface area contributed by atoms with Crippen molar-refractivity contribution in [3.63, 3.8) is 0 Å². The van der Waals surface area contributed by atoms with E-state index in [1.807, 2.05) is 45.0 Å². The summed E-state index contributed by atoms with van der Waals surface area (Å²) in [5.74, 6) is -2.62. The Hall–Kier alpha value is -3.70. The first kappa shape index (κ1) is 28.3. The van der Waals surface area contributed by atoms with Crippen LogP contribution in [-0.2, 0) is 21.6 Å². The molecule has 1 N–H and O–H groups in total. The highest BCUT2D eigenvalue weighted by Gasteiger charge is 2.32. The number of carbonyl (C=O) groups is 2. The predicted octanol–water partition coefficient (Wildman–Crippen LogP) is 6.84. The number of aromatic carboxylic acids is 1. The molecule has 0 saturated heterocycles. The maximum Gasteiger partial charge on any atom is 0.416 e. The molecule has 0 aliphatic rings. The highest BCUT2D eigenvalue weighted by Crippen LogP contribution is 2.34. The number of carboxylic acid groups (broad SMARTS) is 1. The fourth-order valence-electron chi connectivity index (χ4n) is 4.01. The van der Waals surface area contributed by atoms with Gasteiger partial charge in [-0.1, -0.05) is 57.2 Å². The van der Waals surface area contributed by atoms with Crippen molar-refractivity contribution in [3.05, 3.63) is 98.9 Å². The van der Waals surface area contributed by atoms with Crippen LogP contribution in [0.15, 0.2) is 66.7 Å². The smallest absolute Gasteiger partial charge is 0.416 e. The van der Waals surface area contributed by atoms with E-state index >= 15 is 0 Å². The van der Waals surface area contributed by atoms with Gasteiger partial charge in [0.15, 0.2) is 0 Å². The van der Waals surface area contributed by atoms with Crippen LogP contribution < -0.4 is 0 Å². The number of carboxylic acids is 1. The van der Waals surface area contributed by atoms with E-state index in [-0.39, 0.29) is 31.8 Å². The van der Waals surface area contributed by atoms with E-state index in [1.165, 1.54) is 18.2 Å². The summed E-state index contributed by atoms with van der Waals surface area (Å²) in [5.41, 5.74) is 0.226. The Labute approximate surface area is 227 Å². The summed E-state index contributed by atoms with van der Waals surface area (Å²) >= 11 is 0.648. The lowest BCUT2D eigenvalue weighted by Gasteiger charge is -2.19. The molecule has 39 heavy (non-hydrogen) atoms. The number of halogens is 3. The second kappa shape index (κ2) is 10.1. The molecular weight excluding hydrogens is 551 g/mol. The topological polar surface area (TPSA) is 93.4 Å². The molecule has 0 atom stereocenters. The molecule has 0 aliphatic carbocycles. The monoisotopic (exact) mass is 575 g/mol. The lowest BCUT2D eigenvalue weighted by molar-refractivity contribution is -0.137. The molecule has 0 unspecified atom stereocenters. The van der Waals surface area contributed by atoms with Gasteiger partial charge in [-0.15, -0.1) is 11.3 Å². The zero-order chi connectivity index (χ0) is 28.8. The quantitative estimate of drug-likeness (QED) is 0.244. The van der Waals surface area contributed by atoms with Gasteiger partial charge in [0.05, 0.1) is 21.7 Å². The van der Waals surface area contributed by atoms with Gasteiger partial charge in [0.2, 0.25) is 15.8 Å². The third kappa shape index (κ3) is 5.99. The van der Waals surface area contributed by atoms with Crippen LogP contribution in [0.1, 0.15) is 62.5 Å².